The molecule has 17 heterocycles. The maximum absolute atomic E-state index is 14.2. The summed E-state index contributed by atoms with van der Waals surface area (Å²) >= 11 is 6.24. The molecule has 5 aliphatic heterocycles. The van der Waals surface area contributed by atoms with E-state index in [1.165, 1.54) is 32.8 Å². The predicted molar refractivity (Wildman–Crippen MR) is 522 cm³/mol. The van der Waals surface area contributed by atoms with Crippen molar-refractivity contribution in [3.05, 3.63) is 262 Å². The van der Waals surface area contributed by atoms with Crippen molar-refractivity contribution >= 4 is 119 Å². The number of carbonyl (C=O) groups is 1. The van der Waals surface area contributed by atoms with Gasteiger partial charge in [0.25, 0.3) is 16.7 Å². The summed E-state index contributed by atoms with van der Waals surface area (Å²) in [6, 6.07) is 41.6. The standard InChI is InChI=1S/C33H34N8O3S.C33H35N7O3S.C33H30N6O2S2/c1-21-13-27(29-17-34-20-45-29)35-16-26(21)25-14-23-15-36-33(37-24-7-5-22(6-8-24)28-18-39(2)11-12-44-28)38-31(23)41(32(25)43)19-30(42)40-9-3-4-10-40;1-21-13-23(29-19-44-20-36-29)15-34-30(21)28-14-24-16-35-33(38-31(24)40(32(28)41)17-22-8-11-42-12-9-22)37-25-3-5-26(6-4-25)43-27-7-10-39(2)18-27;1-21-16-22(23-10-14-42-20-23)2-7-28(21)29-17-24-18-36-33(38-31(24)39(32(29)40)19-30-35-13-15-43-30)37-25-3-5-26(6-4-25)41-27-8-11-34-12-9-27/h5-8,13-17,20,28H,3-4,9-12,18-19H2,1-2H3,(H,36,37,38);3-6,13-16,19-20,22,27H,7-12,17-18H2,1-2H3,(H,35,37,38);2-7,10,13-18,20,27,34H,8-9,11-12,19H2,1H3,(H,36,37,38). The normalized spacial score (nSPS) is 16.3. The number of thiazole rings is 3. The van der Waals surface area contributed by atoms with E-state index < -0.39 is 0 Å². The van der Waals surface area contributed by atoms with Crippen molar-refractivity contribution in [2.24, 2.45) is 5.92 Å². The van der Waals surface area contributed by atoms with E-state index in [1.54, 1.807) is 92.3 Å². The first-order valence-corrected chi connectivity index (χ1v) is 48.1. The van der Waals surface area contributed by atoms with E-state index in [9.17, 15) is 19.2 Å². The first-order valence-electron chi connectivity index (χ1n) is 44.5. The minimum atomic E-state index is -0.294. The van der Waals surface area contributed by atoms with E-state index in [1.807, 2.05) is 140 Å². The SMILES string of the molecule is Cc1cc(-c2ccsc2)ccc1-c1cc2cnc(Nc3ccc(OC4CCNCC4)cc3)nc2n(Cc2nccs2)c1=O.Cc1cc(-c2cncs2)ncc1-c1cc2cnc(Nc3ccc(C4CN(C)CCO4)cc3)nc2n(CC(=O)N2CCCC2)c1=O.Cc1cc(-c2cscn2)cnc1-c1cc2cnc(Nc3ccc(OC4CCN(C)C4)cc3)nc2n(CC2CCOCC2)c1=O. The molecule has 132 heavy (non-hydrogen) atoms. The molecule has 5 aliphatic rings. The third kappa shape index (κ3) is 20.5. The number of morpholine rings is 1. The average molecular weight is 1840 g/mol. The maximum Gasteiger partial charge on any atom is 0.261 e. The first kappa shape index (κ1) is 88.2. The number of nitrogens with one attached hydrogen (secondary N) is 4. The van der Waals surface area contributed by atoms with Gasteiger partial charge in [0, 0.05) is 169 Å². The molecular formula is C99H99N21O8S4. The smallest absolute Gasteiger partial charge is 0.261 e. The molecule has 4 aromatic carbocycles. The van der Waals surface area contributed by atoms with E-state index in [0.717, 1.165) is 184 Å². The van der Waals surface area contributed by atoms with Gasteiger partial charge in [-0.15, -0.1) is 34.0 Å². The molecule has 4 N–H and O–H groups in total. The van der Waals surface area contributed by atoms with Gasteiger partial charge in [-0.3, -0.25) is 47.8 Å². The molecule has 16 aromatic rings. The summed E-state index contributed by atoms with van der Waals surface area (Å²) in [5.74, 6) is 3.10. The van der Waals surface area contributed by atoms with Gasteiger partial charge in [0.15, 0.2) is 0 Å². The average Bonchev–Trinajstić information content (AvgIpc) is 1.35. The quantitative estimate of drug-likeness (QED) is 0.0462. The number of hydrogen-bond acceptors (Lipinski definition) is 29. The largest absolute Gasteiger partial charge is 0.490 e. The molecule has 2 atom stereocenters. The molecule has 0 aliphatic carbocycles. The number of carbonyl (C=O) groups excluding carboxylic acids is 1. The zero-order chi connectivity index (χ0) is 90.1. The monoisotopic (exact) mass is 1840 g/mol. The Morgan fingerprint density at radius 3 is 1.72 bits per heavy atom. The Bertz CT molecular complexity index is 6950. The van der Waals surface area contributed by atoms with E-state index in [0.29, 0.717) is 120 Å². The van der Waals surface area contributed by atoms with Crippen LogP contribution in [0, 0.1) is 26.7 Å². The summed E-state index contributed by atoms with van der Waals surface area (Å²) in [7, 11) is 4.21. The van der Waals surface area contributed by atoms with Gasteiger partial charge in [0.05, 0.1) is 57.8 Å². The molecule has 1 amide bonds. The highest BCUT2D eigenvalue weighted by Gasteiger charge is 2.28. The van der Waals surface area contributed by atoms with Crippen molar-refractivity contribution in [3.63, 3.8) is 0 Å². The van der Waals surface area contributed by atoms with Crippen molar-refractivity contribution in [1.29, 1.82) is 0 Å². The number of piperidine rings is 1. The van der Waals surface area contributed by atoms with Gasteiger partial charge in [-0.05, 0) is 246 Å². The van der Waals surface area contributed by atoms with E-state index in [-0.39, 0.29) is 47.4 Å². The molecule has 0 saturated carbocycles. The number of anilines is 6. The minimum absolute atomic E-state index is 0.0363. The van der Waals surface area contributed by atoms with E-state index in [4.69, 9.17) is 38.9 Å². The lowest BCUT2D eigenvalue weighted by molar-refractivity contribution is -0.130. The summed E-state index contributed by atoms with van der Waals surface area (Å²) < 4.78 is 28.8. The van der Waals surface area contributed by atoms with Crippen molar-refractivity contribution in [2.45, 2.75) is 104 Å². The molecule has 0 radical (unpaired) electrons. The number of aryl methyl sites for hydroxylation is 3. The van der Waals surface area contributed by atoms with Crippen LogP contribution in [0.3, 0.4) is 0 Å². The summed E-state index contributed by atoms with van der Waals surface area (Å²) in [5.41, 5.74) is 19.8. The van der Waals surface area contributed by atoms with Crippen molar-refractivity contribution in [2.75, 3.05) is 102 Å². The molecular weight excluding hydrogens is 1740 g/mol. The second-order valence-corrected chi connectivity index (χ2v) is 37.3. The molecule has 0 spiro atoms. The van der Waals surface area contributed by atoms with Crippen LogP contribution < -0.4 is 47.4 Å². The third-order valence-corrected chi connectivity index (χ3v) is 27.4. The number of amides is 1. The summed E-state index contributed by atoms with van der Waals surface area (Å²) in [4.78, 5) is 114. The Balaban J connectivity index is 0.000000128. The van der Waals surface area contributed by atoms with Crippen LogP contribution in [-0.2, 0) is 33.9 Å². The summed E-state index contributed by atoms with van der Waals surface area (Å²) in [6.07, 6.45) is 19.6. The van der Waals surface area contributed by atoms with Crippen molar-refractivity contribution in [1.82, 2.24) is 88.5 Å². The molecule has 33 heteroatoms. The number of ether oxygens (including phenoxy) is 4. The first-order chi connectivity index (χ1) is 64.5. The van der Waals surface area contributed by atoms with Gasteiger partial charge in [-0.1, -0.05) is 30.3 Å². The number of hydrogen-bond donors (Lipinski definition) is 4. The minimum Gasteiger partial charge on any atom is -0.490 e. The Kier molecular flexibility index (Phi) is 26.9. The molecule has 21 rings (SSSR count). The lowest BCUT2D eigenvalue weighted by Gasteiger charge is -2.30. The fourth-order valence-corrected chi connectivity index (χ4v) is 19.9. The van der Waals surface area contributed by atoms with Gasteiger partial charge in [0.1, 0.15) is 52.2 Å². The van der Waals surface area contributed by atoms with Crippen molar-refractivity contribution in [3.8, 4) is 78.0 Å². The van der Waals surface area contributed by atoms with Crippen LogP contribution in [0.2, 0.25) is 0 Å². The molecule has 2 unspecified atom stereocenters. The molecule has 12 aromatic heterocycles. The van der Waals surface area contributed by atoms with Gasteiger partial charge in [-0.25, -0.2) is 24.9 Å². The third-order valence-electron chi connectivity index (χ3n) is 24.6. The maximum atomic E-state index is 14.2. The molecule has 0 bridgehead atoms. The fourth-order valence-electron chi connectivity index (χ4n) is 17.4. The van der Waals surface area contributed by atoms with Gasteiger partial charge < -0.3 is 54.9 Å². The Morgan fingerprint density at radius 1 is 0.500 bits per heavy atom. The number of aromatic nitrogens is 14. The van der Waals surface area contributed by atoms with Crippen LogP contribution in [0.15, 0.2) is 218 Å². The summed E-state index contributed by atoms with van der Waals surface area (Å²) in [6.45, 7) is 16.0. The highest BCUT2D eigenvalue weighted by Crippen LogP contribution is 2.36. The number of rotatable bonds is 23. The second-order valence-electron chi connectivity index (χ2n) is 33.9. The fraction of sp³-hybridized carbons (Fsp3) is 0.303. The second kappa shape index (κ2) is 40.3. The van der Waals surface area contributed by atoms with Gasteiger partial charge in [-0.2, -0.15) is 26.3 Å². The zero-order valence-electron chi connectivity index (χ0n) is 73.8. The molecule has 5 fully saturated rings. The predicted octanol–water partition coefficient (Wildman–Crippen LogP) is 17.1. The topological polar surface area (TPSA) is 320 Å². The lowest BCUT2D eigenvalue weighted by atomic mass is 9.97. The van der Waals surface area contributed by atoms with Crippen LogP contribution in [-0.4, -0.2) is 188 Å². The number of fused-ring (bicyclic) bond motifs is 3. The molecule has 672 valence electrons. The van der Waals surface area contributed by atoms with Gasteiger partial charge in [0.2, 0.25) is 23.8 Å². The molecule has 5 saturated heterocycles. The Hall–Kier alpha value is -13.1. The van der Waals surface area contributed by atoms with Crippen LogP contribution >= 0.6 is 45.3 Å². The zero-order valence-corrected chi connectivity index (χ0v) is 77.1. The highest BCUT2D eigenvalue weighted by atomic mass is 32.1. The van der Waals surface area contributed by atoms with Crippen LogP contribution in [0.1, 0.15) is 78.3 Å². The molecule has 29 nitrogen and oxygen atoms in total. The van der Waals surface area contributed by atoms with Crippen LogP contribution in [0.5, 0.6) is 11.5 Å². The van der Waals surface area contributed by atoms with E-state index >= 15 is 0 Å². The van der Waals surface area contributed by atoms with E-state index in [2.05, 4.69) is 109 Å². The Morgan fingerprint density at radius 2 is 1.12 bits per heavy atom. The number of nitrogens with zero attached hydrogens (tertiary/aromatic N) is 17. The Labute approximate surface area is 777 Å². The lowest BCUT2D eigenvalue weighted by Crippen LogP contribution is -2.35. The number of likely N-dealkylation sites (tertiary alicyclic amines) is 2. The van der Waals surface area contributed by atoms with Crippen LogP contribution in [0.25, 0.3) is 99.6 Å². The van der Waals surface area contributed by atoms with Crippen molar-refractivity contribution < 1.29 is 23.7 Å². The van der Waals surface area contributed by atoms with Crippen LogP contribution in [0.4, 0.5) is 34.9 Å². The number of thiophene rings is 1. The number of benzene rings is 4. The summed E-state index contributed by atoms with van der Waals surface area (Å²) in [5, 5.41) is 24.4. The van der Waals surface area contributed by atoms with Gasteiger partial charge >= 0.3 is 0 Å². The highest BCUT2D eigenvalue weighted by molar-refractivity contribution is 7.13. The number of likely N-dealkylation sites (N-methyl/N-ethyl adjacent to an activating group) is 2. The number of pyridine rings is 5.